The molecule has 1 aliphatic rings. The summed E-state index contributed by atoms with van der Waals surface area (Å²) in [7, 11) is 1.63. The lowest BCUT2D eigenvalue weighted by atomic mass is 10.1. The number of fused-ring (bicyclic) bond motifs is 2. The maximum absolute atomic E-state index is 10.3. The van der Waals surface area contributed by atoms with Gasteiger partial charge in [0.15, 0.2) is 11.5 Å². The van der Waals surface area contributed by atoms with Crippen molar-refractivity contribution >= 4 is 34.2 Å². The van der Waals surface area contributed by atoms with Crippen molar-refractivity contribution in [1.29, 1.82) is 0 Å². The summed E-state index contributed by atoms with van der Waals surface area (Å²) in [5.74, 6) is 1.30. The lowest BCUT2D eigenvalue weighted by molar-refractivity contribution is 0.0357. The maximum Gasteiger partial charge on any atom is 0.162 e. The van der Waals surface area contributed by atoms with Crippen LogP contribution in [-0.4, -0.2) is 71.4 Å². The Kier molecular flexibility index (Phi) is 7.17. The van der Waals surface area contributed by atoms with Gasteiger partial charge in [-0.2, -0.15) is 4.73 Å². The standard InChI is InChI=1S/C24H26N4O4.ClH/c1-30-22-14-20-18(13-23(22)32-10-4-7-27-8-11-31-12-9-27)24(26-16-25-20)19-15-28(29)21-6-3-2-5-17(19)21;/h2-3,5-6,13-16,29H,4,7-12H2,1H3;1H. The normalized spacial score (nSPS) is 14.3. The third-order valence-electron chi connectivity index (χ3n) is 5.85. The van der Waals surface area contributed by atoms with Crippen LogP contribution in [0, 0.1) is 0 Å². The minimum atomic E-state index is 0. The number of morpholine rings is 1. The van der Waals surface area contributed by atoms with Gasteiger partial charge in [0.1, 0.15) is 6.33 Å². The second-order valence-corrected chi connectivity index (χ2v) is 7.80. The molecule has 0 unspecified atom stereocenters. The van der Waals surface area contributed by atoms with Gasteiger partial charge in [-0.05, 0) is 18.6 Å². The van der Waals surface area contributed by atoms with Crippen LogP contribution in [-0.2, 0) is 4.74 Å². The second-order valence-electron chi connectivity index (χ2n) is 7.80. The van der Waals surface area contributed by atoms with Crippen molar-refractivity contribution in [2.75, 3.05) is 46.6 Å². The van der Waals surface area contributed by atoms with Crippen molar-refractivity contribution in [1.82, 2.24) is 19.6 Å². The fourth-order valence-electron chi connectivity index (χ4n) is 4.20. The Labute approximate surface area is 198 Å². The van der Waals surface area contributed by atoms with Crippen LogP contribution in [0.4, 0.5) is 0 Å². The quantitative estimate of drug-likeness (QED) is 0.322. The molecule has 0 aliphatic carbocycles. The molecule has 9 heteroatoms. The Bertz CT molecular complexity index is 1240. The molecule has 1 N–H and O–H groups in total. The number of para-hydroxylation sites is 1. The Hall–Kier alpha value is -3.07. The topological polar surface area (TPSA) is 81.9 Å². The number of nitrogens with zero attached hydrogens (tertiary/aromatic N) is 4. The maximum atomic E-state index is 10.3. The predicted molar refractivity (Wildman–Crippen MR) is 129 cm³/mol. The average molecular weight is 471 g/mol. The molecule has 4 aromatic rings. The zero-order valence-corrected chi connectivity index (χ0v) is 19.3. The molecule has 33 heavy (non-hydrogen) atoms. The van der Waals surface area contributed by atoms with Crippen LogP contribution in [0.5, 0.6) is 11.5 Å². The van der Waals surface area contributed by atoms with Crippen LogP contribution in [0.1, 0.15) is 6.42 Å². The van der Waals surface area contributed by atoms with Gasteiger partial charge in [-0.25, -0.2) is 9.97 Å². The highest BCUT2D eigenvalue weighted by Gasteiger charge is 2.17. The molecule has 174 valence electrons. The second kappa shape index (κ2) is 10.2. The highest BCUT2D eigenvalue weighted by Crippen LogP contribution is 2.37. The third kappa shape index (κ3) is 4.68. The fourth-order valence-corrected chi connectivity index (χ4v) is 4.20. The summed E-state index contributed by atoms with van der Waals surface area (Å²) in [6.07, 6.45) is 4.13. The van der Waals surface area contributed by atoms with Gasteiger partial charge in [0.25, 0.3) is 0 Å². The number of hydrogen-bond acceptors (Lipinski definition) is 7. The monoisotopic (exact) mass is 470 g/mol. The van der Waals surface area contributed by atoms with Crippen LogP contribution in [0.2, 0.25) is 0 Å². The van der Waals surface area contributed by atoms with Gasteiger partial charge < -0.3 is 19.4 Å². The van der Waals surface area contributed by atoms with Gasteiger partial charge in [-0.15, -0.1) is 12.4 Å². The molecule has 2 aromatic carbocycles. The van der Waals surface area contributed by atoms with E-state index in [2.05, 4.69) is 14.9 Å². The molecule has 3 heterocycles. The SMILES string of the molecule is COc1cc2ncnc(-c3cn(O)c4ccccc34)c2cc1OCCCN1CCOCC1.Cl. The van der Waals surface area contributed by atoms with Crippen molar-refractivity contribution in [3.8, 4) is 22.8 Å². The smallest absolute Gasteiger partial charge is 0.162 e. The molecular formula is C24H27ClN4O4. The first kappa shape index (κ1) is 23.1. The lowest BCUT2D eigenvalue weighted by Crippen LogP contribution is -2.37. The number of rotatable bonds is 7. The Morgan fingerprint density at radius 2 is 1.88 bits per heavy atom. The van der Waals surface area contributed by atoms with E-state index in [0.717, 1.165) is 77.1 Å². The van der Waals surface area contributed by atoms with Crippen LogP contribution in [0.3, 0.4) is 0 Å². The summed E-state index contributed by atoms with van der Waals surface area (Å²) in [6.45, 7) is 5.09. The van der Waals surface area contributed by atoms with Crippen LogP contribution in [0.15, 0.2) is 48.9 Å². The molecule has 1 fully saturated rings. The Morgan fingerprint density at radius 1 is 1.06 bits per heavy atom. The number of methoxy groups -OCH3 is 1. The molecular weight excluding hydrogens is 444 g/mol. The van der Waals surface area contributed by atoms with Crippen LogP contribution >= 0.6 is 12.4 Å². The number of ether oxygens (including phenoxy) is 3. The molecule has 0 saturated carbocycles. The van der Waals surface area contributed by atoms with E-state index in [0.29, 0.717) is 18.1 Å². The number of aromatic nitrogens is 3. The summed E-state index contributed by atoms with van der Waals surface area (Å²) >= 11 is 0. The molecule has 0 atom stereocenters. The highest BCUT2D eigenvalue weighted by molar-refractivity contribution is 6.03. The van der Waals surface area contributed by atoms with Crippen molar-refractivity contribution in [3.63, 3.8) is 0 Å². The number of halogens is 1. The molecule has 8 nitrogen and oxygen atoms in total. The van der Waals surface area contributed by atoms with Crippen molar-refractivity contribution < 1.29 is 19.4 Å². The lowest BCUT2D eigenvalue weighted by Gasteiger charge is -2.26. The molecule has 0 radical (unpaired) electrons. The number of hydrogen-bond donors (Lipinski definition) is 1. The largest absolute Gasteiger partial charge is 0.493 e. The predicted octanol–water partition coefficient (Wildman–Crippen LogP) is 4.02. The van der Waals surface area contributed by atoms with Crippen LogP contribution in [0.25, 0.3) is 33.1 Å². The zero-order chi connectivity index (χ0) is 21.9. The van der Waals surface area contributed by atoms with E-state index in [4.69, 9.17) is 14.2 Å². The fraction of sp³-hybridized carbons (Fsp3) is 0.333. The minimum absolute atomic E-state index is 0. The van der Waals surface area contributed by atoms with Crippen molar-refractivity contribution in [3.05, 3.63) is 48.9 Å². The first-order valence-electron chi connectivity index (χ1n) is 10.8. The minimum Gasteiger partial charge on any atom is -0.493 e. The number of benzene rings is 2. The van der Waals surface area contributed by atoms with Gasteiger partial charge in [-0.3, -0.25) is 4.90 Å². The molecule has 5 rings (SSSR count). The van der Waals surface area contributed by atoms with E-state index in [9.17, 15) is 5.21 Å². The summed E-state index contributed by atoms with van der Waals surface area (Å²) in [6, 6.07) is 11.5. The summed E-state index contributed by atoms with van der Waals surface area (Å²) in [5.41, 5.74) is 3.04. The molecule has 0 spiro atoms. The van der Waals surface area contributed by atoms with E-state index < -0.39 is 0 Å². The average Bonchev–Trinajstić information content (AvgIpc) is 3.18. The Balaban J connectivity index is 0.00000259. The first-order valence-corrected chi connectivity index (χ1v) is 10.8. The van der Waals surface area contributed by atoms with Gasteiger partial charge in [0.05, 0.1) is 49.9 Å². The first-order chi connectivity index (χ1) is 15.7. The van der Waals surface area contributed by atoms with E-state index in [1.807, 2.05) is 36.4 Å². The van der Waals surface area contributed by atoms with Gasteiger partial charge in [-0.1, -0.05) is 18.2 Å². The molecule has 0 bridgehead atoms. The van der Waals surface area contributed by atoms with Crippen molar-refractivity contribution in [2.45, 2.75) is 6.42 Å². The van der Waals surface area contributed by atoms with Gasteiger partial charge in [0, 0.05) is 42.0 Å². The Morgan fingerprint density at radius 3 is 2.70 bits per heavy atom. The van der Waals surface area contributed by atoms with E-state index >= 15 is 0 Å². The molecule has 1 saturated heterocycles. The van der Waals surface area contributed by atoms with Crippen molar-refractivity contribution in [2.24, 2.45) is 0 Å². The van der Waals surface area contributed by atoms with Crippen LogP contribution < -0.4 is 9.47 Å². The van der Waals surface area contributed by atoms with E-state index in [-0.39, 0.29) is 12.4 Å². The van der Waals surface area contributed by atoms with E-state index in [1.165, 1.54) is 6.33 Å². The zero-order valence-electron chi connectivity index (χ0n) is 18.4. The molecule has 1 aliphatic heterocycles. The summed E-state index contributed by atoms with van der Waals surface area (Å²) < 4.78 is 18.2. The van der Waals surface area contributed by atoms with E-state index in [1.54, 1.807) is 13.3 Å². The van der Waals surface area contributed by atoms with Gasteiger partial charge >= 0.3 is 0 Å². The third-order valence-corrected chi connectivity index (χ3v) is 5.85. The molecule has 0 amide bonds. The summed E-state index contributed by atoms with van der Waals surface area (Å²) in [4.78, 5) is 11.4. The summed E-state index contributed by atoms with van der Waals surface area (Å²) in [5, 5.41) is 12.1. The molecule has 2 aromatic heterocycles. The van der Waals surface area contributed by atoms with Gasteiger partial charge in [0.2, 0.25) is 0 Å². The highest BCUT2D eigenvalue weighted by atomic mass is 35.5.